The number of allylic oxidation sites excluding steroid dienone is 2. The molecule has 50 valence electrons. The van der Waals surface area contributed by atoms with Crippen molar-refractivity contribution >= 4 is 6.29 Å². The van der Waals surface area contributed by atoms with E-state index < -0.39 is 0 Å². The van der Waals surface area contributed by atoms with Gasteiger partial charge in [0.2, 0.25) is 0 Å². The molecule has 2 unspecified atom stereocenters. The van der Waals surface area contributed by atoms with Crippen LogP contribution in [0.5, 0.6) is 0 Å². The molecule has 1 nitrogen and oxygen atoms in total. The van der Waals surface area contributed by atoms with Gasteiger partial charge in [0.05, 0.1) is 0 Å². The van der Waals surface area contributed by atoms with Crippen molar-refractivity contribution in [2.24, 2.45) is 11.8 Å². The molecule has 0 fully saturated rings. The minimum atomic E-state index is 0.488. The van der Waals surface area contributed by atoms with E-state index in [-0.39, 0.29) is 0 Å². The van der Waals surface area contributed by atoms with Gasteiger partial charge in [-0.15, -0.1) is 0 Å². The van der Waals surface area contributed by atoms with Crippen LogP contribution in [0.25, 0.3) is 0 Å². The third-order valence-electron chi connectivity index (χ3n) is 2.24. The van der Waals surface area contributed by atoms with Crippen molar-refractivity contribution in [3.8, 4) is 0 Å². The van der Waals surface area contributed by atoms with Crippen molar-refractivity contribution in [1.29, 1.82) is 0 Å². The van der Waals surface area contributed by atoms with E-state index in [0.717, 1.165) is 18.3 Å². The van der Waals surface area contributed by atoms with Crippen molar-refractivity contribution in [2.75, 3.05) is 0 Å². The number of carbonyl (C=O) groups excluding carboxylic acids is 1. The second-order valence-corrected chi connectivity index (χ2v) is 2.82. The number of hydrogen-bond acceptors (Lipinski definition) is 1. The van der Waals surface area contributed by atoms with Gasteiger partial charge in [0.25, 0.3) is 0 Å². The van der Waals surface area contributed by atoms with Crippen LogP contribution in [0, 0.1) is 11.8 Å². The molecular weight excluding hydrogens is 112 g/mol. The molecule has 1 rings (SSSR count). The quantitative estimate of drug-likeness (QED) is 0.487. The molecule has 0 aromatic rings. The second-order valence-electron chi connectivity index (χ2n) is 2.82. The van der Waals surface area contributed by atoms with Crippen LogP contribution >= 0.6 is 0 Å². The van der Waals surface area contributed by atoms with E-state index in [1.54, 1.807) is 0 Å². The van der Waals surface area contributed by atoms with Crippen LogP contribution in [-0.4, -0.2) is 6.29 Å². The molecule has 0 aliphatic heterocycles. The first-order chi connectivity index (χ1) is 4.25. The summed E-state index contributed by atoms with van der Waals surface area (Å²) in [6.45, 7) is 4.29. The molecule has 0 radical (unpaired) electrons. The molecule has 9 heavy (non-hydrogen) atoms. The molecule has 0 aromatic carbocycles. The Morgan fingerprint density at radius 2 is 2.33 bits per heavy atom. The minimum Gasteiger partial charge on any atom is -0.298 e. The predicted octanol–water partition coefficient (Wildman–Crippen LogP) is 1.79. The molecule has 0 heterocycles. The largest absolute Gasteiger partial charge is 0.298 e. The summed E-state index contributed by atoms with van der Waals surface area (Å²) in [7, 11) is 0. The predicted molar refractivity (Wildman–Crippen MR) is 37.1 cm³/mol. The molecule has 0 bridgehead atoms. The van der Waals surface area contributed by atoms with Gasteiger partial charge in [-0.25, -0.2) is 0 Å². The summed E-state index contributed by atoms with van der Waals surface area (Å²) >= 11 is 0. The lowest BCUT2D eigenvalue weighted by molar-refractivity contribution is -0.105. The Bertz CT molecular complexity index is 147. The van der Waals surface area contributed by atoms with Crippen LogP contribution in [0.4, 0.5) is 0 Å². The highest BCUT2D eigenvalue weighted by Crippen LogP contribution is 2.29. The zero-order valence-electron chi connectivity index (χ0n) is 5.92. The lowest BCUT2D eigenvalue weighted by atomic mass is 9.96. The summed E-state index contributed by atoms with van der Waals surface area (Å²) < 4.78 is 0. The van der Waals surface area contributed by atoms with Gasteiger partial charge in [-0.3, -0.25) is 4.79 Å². The summed E-state index contributed by atoms with van der Waals surface area (Å²) in [5, 5.41) is 0. The number of carbonyl (C=O) groups is 1. The zero-order valence-corrected chi connectivity index (χ0v) is 5.92. The molecule has 1 heteroatoms. The maximum Gasteiger partial charge on any atom is 0.145 e. The highest BCUT2D eigenvalue weighted by molar-refractivity contribution is 5.74. The third kappa shape index (κ3) is 1.04. The Morgan fingerprint density at radius 3 is 2.56 bits per heavy atom. The van der Waals surface area contributed by atoms with E-state index in [2.05, 4.69) is 13.8 Å². The van der Waals surface area contributed by atoms with Crippen molar-refractivity contribution < 1.29 is 4.79 Å². The molecule has 0 saturated carbocycles. The second kappa shape index (κ2) is 2.34. The van der Waals surface area contributed by atoms with Gasteiger partial charge >= 0.3 is 0 Å². The highest BCUT2D eigenvalue weighted by Gasteiger charge is 2.20. The van der Waals surface area contributed by atoms with E-state index in [1.807, 2.05) is 6.08 Å². The summed E-state index contributed by atoms with van der Waals surface area (Å²) in [4.78, 5) is 10.3. The van der Waals surface area contributed by atoms with Gasteiger partial charge in [-0.05, 0) is 23.8 Å². The molecule has 0 amide bonds. The van der Waals surface area contributed by atoms with E-state index in [4.69, 9.17) is 0 Å². The Balaban J connectivity index is 2.66. The van der Waals surface area contributed by atoms with Crippen LogP contribution in [-0.2, 0) is 4.79 Å². The maximum absolute atomic E-state index is 10.3. The molecule has 1 aliphatic carbocycles. The summed E-state index contributed by atoms with van der Waals surface area (Å²) in [6, 6.07) is 0. The van der Waals surface area contributed by atoms with E-state index >= 15 is 0 Å². The minimum absolute atomic E-state index is 0.488. The summed E-state index contributed by atoms with van der Waals surface area (Å²) in [6.07, 6.45) is 4.10. The van der Waals surface area contributed by atoms with Gasteiger partial charge in [0, 0.05) is 0 Å². The van der Waals surface area contributed by atoms with Crippen LogP contribution in [0.15, 0.2) is 11.6 Å². The molecule has 2 atom stereocenters. The monoisotopic (exact) mass is 124 g/mol. The lowest BCUT2D eigenvalue weighted by Gasteiger charge is -2.08. The number of aldehydes is 1. The topological polar surface area (TPSA) is 17.1 Å². The average Bonchev–Trinajstić information content (AvgIpc) is 2.15. The van der Waals surface area contributed by atoms with Crippen LogP contribution in [0.3, 0.4) is 0 Å². The fourth-order valence-corrected chi connectivity index (χ4v) is 1.20. The third-order valence-corrected chi connectivity index (χ3v) is 2.24. The van der Waals surface area contributed by atoms with E-state index in [0.29, 0.717) is 11.8 Å². The van der Waals surface area contributed by atoms with Gasteiger partial charge < -0.3 is 0 Å². The Labute approximate surface area is 55.8 Å². The van der Waals surface area contributed by atoms with Crippen molar-refractivity contribution in [1.82, 2.24) is 0 Å². The fourth-order valence-electron chi connectivity index (χ4n) is 1.20. The zero-order chi connectivity index (χ0) is 6.85. The van der Waals surface area contributed by atoms with Crippen molar-refractivity contribution in [3.05, 3.63) is 11.6 Å². The normalized spacial score (nSPS) is 34.2. The van der Waals surface area contributed by atoms with Crippen LogP contribution < -0.4 is 0 Å². The average molecular weight is 124 g/mol. The molecule has 0 aromatic heterocycles. The molecule has 0 N–H and O–H groups in total. The van der Waals surface area contributed by atoms with E-state index in [9.17, 15) is 4.79 Å². The van der Waals surface area contributed by atoms with Gasteiger partial charge in [0.15, 0.2) is 0 Å². The lowest BCUT2D eigenvalue weighted by Crippen LogP contribution is -2.03. The Hall–Kier alpha value is -0.590. The highest BCUT2D eigenvalue weighted by atomic mass is 16.1. The first-order valence-electron chi connectivity index (χ1n) is 3.41. The molecule has 0 spiro atoms. The fraction of sp³-hybridized carbons (Fsp3) is 0.625. The molecule has 0 saturated heterocycles. The first-order valence-corrected chi connectivity index (χ1v) is 3.41. The SMILES string of the molecule is CC1CC=C(C=O)C1C. The smallest absolute Gasteiger partial charge is 0.145 e. The Kier molecular flexibility index (Phi) is 1.70. The van der Waals surface area contributed by atoms with Crippen molar-refractivity contribution in [2.45, 2.75) is 20.3 Å². The van der Waals surface area contributed by atoms with Gasteiger partial charge in [-0.2, -0.15) is 0 Å². The number of rotatable bonds is 1. The number of hydrogen-bond donors (Lipinski definition) is 0. The Morgan fingerprint density at radius 1 is 1.67 bits per heavy atom. The molecular formula is C8H12O. The van der Waals surface area contributed by atoms with Crippen molar-refractivity contribution in [3.63, 3.8) is 0 Å². The van der Waals surface area contributed by atoms with Crippen LogP contribution in [0.2, 0.25) is 0 Å². The first kappa shape index (κ1) is 6.53. The summed E-state index contributed by atoms with van der Waals surface area (Å²) in [5.74, 6) is 1.16. The maximum atomic E-state index is 10.3. The van der Waals surface area contributed by atoms with Gasteiger partial charge in [0.1, 0.15) is 6.29 Å². The standard InChI is InChI=1S/C8H12O/c1-6-3-4-8(5-9)7(6)2/h4-7H,3H2,1-2H3. The van der Waals surface area contributed by atoms with Gasteiger partial charge in [-0.1, -0.05) is 19.9 Å². The van der Waals surface area contributed by atoms with E-state index in [1.165, 1.54) is 0 Å². The van der Waals surface area contributed by atoms with Crippen LogP contribution in [0.1, 0.15) is 20.3 Å². The summed E-state index contributed by atoms with van der Waals surface area (Å²) in [5.41, 5.74) is 0.988. The molecule has 1 aliphatic rings.